The molecule has 0 aliphatic heterocycles. The molecule has 0 spiro atoms. The first-order valence-corrected chi connectivity index (χ1v) is 12.3. The SMILES string of the molecule is CCOCCOCOc1n[nH]nc1C(N)C(N)=C(OCc1ccc(Cl)cc1)c1c[nH]c2ccc(Cl)cc12. The van der Waals surface area contributed by atoms with Crippen LogP contribution in [0.4, 0.5) is 0 Å². The van der Waals surface area contributed by atoms with Gasteiger partial charge in [-0.25, -0.2) is 0 Å². The number of aromatic amines is 2. The molecule has 0 aliphatic carbocycles. The Morgan fingerprint density at radius 3 is 2.57 bits per heavy atom. The molecule has 0 aliphatic rings. The van der Waals surface area contributed by atoms with Gasteiger partial charge in [-0.15, -0.1) is 5.10 Å². The molecule has 10 nitrogen and oxygen atoms in total. The van der Waals surface area contributed by atoms with Crippen molar-refractivity contribution in [3.63, 3.8) is 0 Å². The standard InChI is InChI=1S/C25H28Cl2N6O4/c1-2-34-9-10-35-14-37-25-23(31-33-32-25)21(28)22(29)24(36-13-15-3-5-16(26)6-4-15)19-12-30-20-8-7-17(27)11-18(19)20/h3-8,11-12,21,30H,2,9-10,13-14,28-29H2,1H3,(H,31,32,33). The molecule has 0 amide bonds. The summed E-state index contributed by atoms with van der Waals surface area (Å²) in [6.45, 7) is 3.54. The van der Waals surface area contributed by atoms with Crippen LogP contribution in [0.3, 0.4) is 0 Å². The highest BCUT2D eigenvalue weighted by atomic mass is 35.5. The van der Waals surface area contributed by atoms with Crippen molar-refractivity contribution in [1.29, 1.82) is 0 Å². The fourth-order valence-corrected chi connectivity index (χ4v) is 3.88. The maximum atomic E-state index is 6.62. The zero-order valence-corrected chi connectivity index (χ0v) is 21.7. The van der Waals surface area contributed by atoms with E-state index in [-0.39, 0.29) is 25.0 Å². The molecule has 2 aromatic carbocycles. The van der Waals surface area contributed by atoms with Gasteiger partial charge in [0.1, 0.15) is 18.1 Å². The van der Waals surface area contributed by atoms with E-state index in [9.17, 15) is 0 Å². The maximum absolute atomic E-state index is 6.62. The van der Waals surface area contributed by atoms with Gasteiger partial charge in [0.15, 0.2) is 6.79 Å². The van der Waals surface area contributed by atoms with Gasteiger partial charge in [0.05, 0.1) is 25.0 Å². The third kappa shape index (κ3) is 6.73. The number of nitrogens with one attached hydrogen (secondary N) is 2. The Bertz CT molecular complexity index is 1340. The van der Waals surface area contributed by atoms with Crippen LogP contribution in [0.2, 0.25) is 10.0 Å². The molecule has 2 heterocycles. The highest BCUT2D eigenvalue weighted by molar-refractivity contribution is 6.31. The predicted molar refractivity (Wildman–Crippen MR) is 142 cm³/mol. The first kappa shape index (κ1) is 26.8. The molecule has 1 unspecified atom stereocenters. The second-order valence-corrected chi connectivity index (χ2v) is 8.82. The number of hydrogen-bond donors (Lipinski definition) is 4. The number of rotatable bonds is 13. The Balaban J connectivity index is 1.61. The number of hydrogen-bond acceptors (Lipinski definition) is 8. The smallest absolute Gasteiger partial charge is 0.260 e. The average Bonchev–Trinajstić information content (AvgIpc) is 3.54. The molecule has 0 saturated heterocycles. The van der Waals surface area contributed by atoms with E-state index in [2.05, 4.69) is 20.4 Å². The number of aromatic nitrogens is 4. The molecule has 2 aromatic heterocycles. The minimum absolute atomic E-state index is 0.0518. The molecule has 0 bridgehead atoms. The molecular weight excluding hydrogens is 519 g/mol. The fraction of sp³-hybridized carbons (Fsp3) is 0.280. The Morgan fingerprint density at radius 1 is 1.03 bits per heavy atom. The molecule has 6 N–H and O–H groups in total. The second kappa shape index (κ2) is 12.8. The summed E-state index contributed by atoms with van der Waals surface area (Å²) >= 11 is 12.3. The quantitative estimate of drug-likeness (QED) is 0.109. The van der Waals surface area contributed by atoms with Crippen molar-refractivity contribution in [2.24, 2.45) is 11.5 Å². The van der Waals surface area contributed by atoms with Crippen LogP contribution in [0.1, 0.15) is 29.8 Å². The van der Waals surface area contributed by atoms with Crippen molar-refractivity contribution in [1.82, 2.24) is 20.4 Å². The minimum atomic E-state index is -0.901. The molecule has 12 heteroatoms. The molecule has 196 valence electrons. The van der Waals surface area contributed by atoms with Crippen LogP contribution in [0, 0.1) is 0 Å². The highest BCUT2D eigenvalue weighted by Gasteiger charge is 2.25. The number of nitrogens with two attached hydrogens (primary N) is 2. The lowest BCUT2D eigenvalue weighted by Crippen LogP contribution is -2.23. The van der Waals surface area contributed by atoms with Crippen molar-refractivity contribution in [3.8, 4) is 5.88 Å². The third-order valence-electron chi connectivity index (χ3n) is 5.47. The van der Waals surface area contributed by atoms with E-state index in [1.54, 1.807) is 24.4 Å². The molecule has 0 fully saturated rings. The van der Waals surface area contributed by atoms with Crippen molar-refractivity contribution in [3.05, 3.63) is 81.2 Å². The number of ether oxygens (including phenoxy) is 4. The van der Waals surface area contributed by atoms with E-state index in [1.807, 2.05) is 31.2 Å². The molecule has 1 atom stereocenters. The van der Waals surface area contributed by atoms with Gasteiger partial charge in [0, 0.05) is 39.3 Å². The van der Waals surface area contributed by atoms with Crippen LogP contribution in [0.25, 0.3) is 16.7 Å². The summed E-state index contributed by atoms with van der Waals surface area (Å²) in [6.07, 6.45) is 1.80. The second-order valence-electron chi connectivity index (χ2n) is 7.95. The number of benzene rings is 2. The monoisotopic (exact) mass is 546 g/mol. The van der Waals surface area contributed by atoms with Crippen molar-refractivity contribution < 1.29 is 18.9 Å². The first-order chi connectivity index (χ1) is 18.0. The van der Waals surface area contributed by atoms with Crippen LogP contribution in [0.15, 0.2) is 54.4 Å². The van der Waals surface area contributed by atoms with Gasteiger partial charge >= 0.3 is 0 Å². The van der Waals surface area contributed by atoms with Crippen molar-refractivity contribution in [2.45, 2.75) is 19.6 Å². The van der Waals surface area contributed by atoms with Crippen LogP contribution in [0.5, 0.6) is 5.88 Å². The Hall–Kier alpha value is -3.28. The topological polar surface area (TPSA) is 146 Å². The van der Waals surface area contributed by atoms with Crippen LogP contribution >= 0.6 is 23.2 Å². The lowest BCUT2D eigenvalue weighted by Gasteiger charge is -2.18. The summed E-state index contributed by atoms with van der Waals surface area (Å²) in [7, 11) is 0. The van der Waals surface area contributed by atoms with E-state index in [1.165, 1.54) is 0 Å². The van der Waals surface area contributed by atoms with Crippen molar-refractivity contribution in [2.75, 3.05) is 26.6 Å². The first-order valence-electron chi connectivity index (χ1n) is 11.6. The van der Waals surface area contributed by atoms with Crippen LogP contribution < -0.4 is 16.2 Å². The van der Waals surface area contributed by atoms with E-state index in [0.717, 1.165) is 16.5 Å². The number of halogens is 2. The lowest BCUT2D eigenvalue weighted by atomic mass is 10.1. The number of H-pyrrole nitrogens is 2. The van der Waals surface area contributed by atoms with Gasteiger partial charge in [-0.2, -0.15) is 10.3 Å². The average molecular weight is 547 g/mol. The normalized spacial score (nSPS) is 13.0. The van der Waals surface area contributed by atoms with Crippen LogP contribution in [-0.2, 0) is 20.8 Å². The number of nitrogens with zero attached hydrogens (tertiary/aromatic N) is 2. The number of fused-ring (bicyclic) bond motifs is 1. The highest BCUT2D eigenvalue weighted by Crippen LogP contribution is 2.33. The van der Waals surface area contributed by atoms with Gasteiger partial charge in [-0.05, 0) is 42.8 Å². The van der Waals surface area contributed by atoms with Gasteiger partial charge in [-0.1, -0.05) is 35.3 Å². The third-order valence-corrected chi connectivity index (χ3v) is 5.96. The Labute approximate surface area is 223 Å². The zero-order valence-electron chi connectivity index (χ0n) is 20.2. The van der Waals surface area contributed by atoms with Gasteiger partial charge in [0.25, 0.3) is 5.88 Å². The molecule has 4 rings (SSSR count). The summed E-state index contributed by atoms with van der Waals surface area (Å²) < 4.78 is 22.5. The summed E-state index contributed by atoms with van der Waals surface area (Å²) in [5.41, 5.74) is 16.2. The van der Waals surface area contributed by atoms with Gasteiger partial charge in [-0.3, -0.25) is 0 Å². The summed E-state index contributed by atoms with van der Waals surface area (Å²) in [6, 6.07) is 11.9. The molecular formula is C25H28Cl2N6O4. The van der Waals surface area contributed by atoms with Crippen molar-refractivity contribution >= 4 is 39.9 Å². The van der Waals surface area contributed by atoms with E-state index >= 15 is 0 Å². The molecule has 0 radical (unpaired) electrons. The Kier molecular flexibility index (Phi) is 9.26. The predicted octanol–water partition coefficient (Wildman–Crippen LogP) is 4.53. The molecule has 4 aromatic rings. The van der Waals surface area contributed by atoms with Gasteiger partial charge in [0.2, 0.25) is 0 Å². The molecule has 37 heavy (non-hydrogen) atoms. The summed E-state index contributed by atoms with van der Waals surface area (Å²) in [5, 5.41) is 12.8. The zero-order chi connectivity index (χ0) is 26.2. The maximum Gasteiger partial charge on any atom is 0.260 e. The largest absolute Gasteiger partial charge is 0.486 e. The molecule has 0 saturated carbocycles. The van der Waals surface area contributed by atoms with Crippen LogP contribution in [-0.4, -0.2) is 47.0 Å². The minimum Gasteiger partial charge on any atom is -0.486 e. The summed E-state index contributed by atoms with van der Waals surface area (Å²) in [4.78, 5) is 3.22. The van der Waals surface area contributed by atoms with Gasteiger partial charge < -0.3 is 35.4 Å². The fourth-order valence-electron chi connectivity index (χ4n) is 3.58. The summed E-state index contributed by atoms with van der Waals surface area (Å²) in [5.74, 6) is 0.545. The van der Waals surface area contributed by atoms with E-state index in [4.69, 9.17) is 53.6 Å². The lowest BCUT2D eigenvalue weighted by molar-refractivity contribution is -0.0172. The van der Waals surface area contributed by atoms with E-state index in [0.29, 0.717) is 46.9 Å². The van der Waals surface area contributed by atoms with E-state index < -0.39 is 6.04 Å². The Morgan fingerprint density at radius 2 is 1.78 bits per heavy atom.